The number of phenols is 3. The lowest BCUT2D eigenvalue weighted by atomic mass is 9.85. The number of aliphatic hydroxyl groups excluding tert-OH is 7. The molecule has 2 aromatic carbocycles. The Morgan fingerprint density at radius 1 is 0.775 bits per heavy atom. The normalized spacial score (nSPS) is 32.8. The van der Waals surface area contributed by atoms with E-state index in [2.05, 4.69) is 0 Å². The third-order valence-electron chi connectivity index (χ3n) is 7.31. The first-order chi connectivity index (χ1) is 19.0. The number of aromatic hydroxyl groups is 3. The Hall–Kier alpha value is -3.31. The molecule has 2 aliphatic rings. The summed E-state index contributed by atoms with van der Waals surface area (Å²) in [5.74, 6) is -2.01. The van der Waals surface area contributed by atoms with Gasteiger partial charge in [0.25, 0.3) is 0 Å². The third kappa shape index (κ3) is 4.49. The average Bonchev–Trinajstić information content (AvgIpc) is 2.92. The minimum Gasteiger partial charge on any atom is -0.508 e. The Bertz CT molecular complexity index is 1450. The molecule has 0 aliphatic carbocycles. The van der Waals surface area contributed by atoms with E-state index in [9.17, 15) is 55.9 Å². The second-order valence-corrected chi connectivity index (χ2v) is 9.80. The van der Waals surface area contributed by atoms with Crippen LogP contribution in [0.5, 0.6) is 17.2 Å². The zero-order chi connectivity index (χ0) is 29.0. The van der Waals surface area contributed by atoms with Crippen LogP contribution in [0.2, 0.25) is 0 Å². The van der Waals surface area contributed by atoms with Crippen LogP contribution in [0.25, 0.3) is 22.3 Å². The van der Waals surface area contributed by atoms with Gasteiger partial charge in [-0.1, -0.05) is 0 Å². The highest BCUT2D eigenvalue weighted by Gasteiger charge is 2.48. The van der Waals surface area contributed by atoms with Crippen LogP contribution in [0.15, 0.2) is 39.5 Å². The molecule has 10 N–H and O–H groups in total. The van der Waals surface area contributed by atoms with E-state index in [-0.39, 0.29) is 11.5 Å². The minimum atomic E-state index is -1.98. The molecule has 40 heavy (non-hydrogen) atoms. The molecule has 3 heterocycles. The molecule has 0 saturated carbocycles. The topological polar surface area (TPSA) is 251 Å². The number of hydrogen-bond donors (Lipinski definition) is 10. The van der Waals surface area contributed by atoms with Crippen LogP contribution in [0.3, 0.4) is 0 Å². The highest BCUT2D eigenvalue weighted by atomic mass is 16.5. The SMILES string of the molecule is O=c1cc(-c2ccc(O)cc2)oc2c([C@@H]3OC[C@@H](O)[C@H](O)[C@H]3O)c(O)c([C@@H]3O[C@H](CO)[C@H](O)[C@H](O)[C@H]3O)c(O)c12. The van der Waals surface area contributed by atoms with E-state index in [0.29, 0.717) is 5.56 Å². The maximum atomic E-state index is 13.4. The van der Waals surface area contributed by atoms with Gasteiger partial charge in [0.15, 0.2) is 11.0 Å². The molecule has 14 nitrogen and oxygen atoms in total. The van der Waals surface area contributed by atoms with Crippen LogP contribution < -0.4 is 5.43 Å². The molecule has 0 spiro atoms. The molecule has 216 valence electrons. The lowest BCUT2D eigenvalue weighted by molar-refractivity contribution is -0.232. The summed E-state index contributed by atoms with van der Waals surface area (Å²) in [5, 5.41) is 104. The van der Waals surface area contributed by atoms with E-state index in [1.807, 2.05) is 0 Å². The fourth-order valence-corrected chi connectivity index (χ4v) is 5.11. The predicted octanol–water partition coefficient (Wildman–Crippen LogP) is -1.75. The first-order valence-electron chi connectivity index (χ1n) is 12.3. The highest BCUT2D eigenvalue weighted by Crippen LogP contribution is 2.50. The number of hydrogen-bond acceptors (Lipinski definition) is 14. The summed E-state index contributed by atoms with van der Waals surface area (Å²) in [6, 6.07) is 6.50. The highest BCUT2D eigenvalue weighted by molar-refractivity contribution is 5.92. The maximum Gasteiger partial charge on any atom is 0.197 e. The standard InChI is InChI=1S/C26H28O14/c27-6-13-18(32)21(35)23(37)26(40-13)15-19(33)14-10(29)5-12(8-1-3-9(28)4-2-8)39-24(14)16(20(15)34)25-22(36)17(31)11(30)7-38-25/h1-5,11,13,17-18,21-23,25-28,30-37H,6-7H2/t11-,13-,17+,18+,21+,22-,23-,25+,26+/m1/s1. The van der Waals surface area contributed by atoms with Gasteiger partial charge < -0.3 is 65.0 Å². The van der Waals surface area contributed by atoms with Gasteiger partial charge in [0.1, 0.15) is 83.3 Å². The van der Waals surface area contributed by atoms with Crippen molar-refractivity contribution in [3.05, 3.63) is 51.7 Å². The van der Waals surface area contributed by atoms with Gasteiger partial charge in [0, 0.05) is 11.6 Å². The summed E-state index contributed by atoms with van der Waals surface area (Å²) in [5.41, 5.74) is -2.15. The van der Waals surface area contributed by atoms with E-state index in [4.69, 9.17) is 13.9 Å². The largest absolute Gasteiger partial charge is 0.508 e. The van der Waals surface area contributed by atoms with Crippen molar-refractivity contribution in [2.75, 3.05) is 13.2 Å². The fourth-order valence-electron chi connectivity index (χ4n) is 5.11. The Balaban J connectivity index is 1.80. The molecule has 0 radical (unpaired) electrons. The van der Waals surface area contributed by atoms with E-state index < -0.39 is 107 Å². The Morgan fingerprint density at radius 2 is 1.43 bits per heavy atom. The van der Waals surface area contributed by atoms with Crippen molar-refractivity contribution in [1.29, 1.82) is 0 Å². The average molecular weight is 564 g/mol. The molecule has 1 aromatic heterocycles. The van der Waals surface area contributed by atoms with E-state index >= 15 is 0 Å². The molecule has 2 saturated heterocycles. The van der Waals surface area contributed by atoms with Crippen LogP contribution in [-0.2, 0) is 9.47 Å². The second kappa shape index (κ2) is 10.6. The van der Waals surface area contributed by atoms with Gasteiger partial charge in [-0.15, -0.1) is 0 Å². The van der Waals surface area contributed by atoms with Crippen molar-refractivity contribution in [3.63, 3.8) is 0 Å². The number of benzene rings is 2. The molecule has 0 bridgehead atoms. The number of phenolic OH excluding ortho intramolecular Hbond substituents is 3. The van der Waals surface area contributed by atoms with Crippen LogP contribution in [0, 0.1) is 0 Å². The van der Waals surface area contributed by atoms with Crippen LogP contribution in [-0.4, -0.2) is 107 Å². The van der Waals surface area contributed by atoms with Gasteiger partial charge >= 0.3 is 0 Å². The number of rotatable bonds is 4. The monoisotopic (exact) mass is 564 g/mol. The zero-order valence-electron chi connectivity index (χ0n) is 20.6. The molecule has 3 aromatic rings. The summed E-state index contributed by atoms with van der Waals surface area (Å²) in [6.07, 6.45) is -15.7. The summed E-state index contributed by atoms with van der Waals surface area (Å²) < 4.78 is 16.9. The molecular weight excluding hydrogens is 536 g/mol. The Kier molecular flexibility index (Phi) is 7.47. The molecule has 9 atom stereocenters. The first-order valence-corrected chi connectivity index (χ1v) is 12.3. The summed E-state index contributed by atoms with van der Waals surface area (Å²) >= 11 is 0. The first kappa shape index (κ1) is 28.2. The summed E-state index contributed by atoms with van der Waals surface area (Å²) in [7, 11) is 0. The molecular formula is C26H28O14. The molecule has 14 heteroatoms. The van der Waals surface area contributed by atoms with Crippen molar-refractivity contribution in [3.8, 4) is 28.6 Å². The van der Waals surface area contributed by atoms with E-state index in [1.165, 1.54) is 24.3 Å². The van der Waals surface area contributed by atoms with Crippen molar-refractivity contribution in [2.24, 2.45) is 0 Å². The molecule has 0 unspecified atom stereocenters. The second-order valence-electron chi connectivity index (χ2n) is 9.80. The molecule has 2 fully saturated rings. The fraction of sp³-hybridized carbons (Fsp3) is 0.423. The van der Waals surface area contributed by atoms with E-state index in [0.717, 1.165) is 6.07 Å². The Labute approximate surface area is 224 Å². The molecule has 2 aliphatic heterocycles. The predicted molar refractivity (Wildman–Crippen MR) is 132 cm³/mol. The molecule has 5 rings (SSSR count). The number of ether oxygens (including phenoxy) is 2. The molecule has 0 amide bonds. The maximum absolute atomic E-state index is 13.4. The van der Waals surface area contributed by atoms with Crippen LogP contribution in [0.4, 0.5) is 0 Å². The summed E-state index contributed by atoms with van der Waals surface area (Å²) in [4.78, 5) is 13.4. The van der Waals surface area contributed by atoms with Gasteiger partial charge in [0.05, 0.1) is 24.3 Å². The third-order valence-corrected chi connectivity index (χ3v) is 7.31. The van der Waals surface area contributed by atoms with Crippen LogP contribution in [0.1, 0.15) is 23.3 Å². The van der Waals surface area contributed by atoms with Gasteiger partial charge in [-0.2, -0.15) is 0 Å². The van der Waals surface area contributed by atoms with Crippen molar-refractivity contribution < 1.29 is 65.0 Å². The van der Waals surface area contributed by atoms with Gasteiger partial charge in [-0.3, -0.25) is 4.79 Å². The number of fused-ring (bicyclic) bond motifs is 1. The Morgan fingerprint density at radius 3 is 2.08 bits per heavy atom. The van der Waals surface area contributed by atoms with Gasteiger partial charge in [-0.05, 0) is 24.3 Å². The lowest BCUT2D eigenvalue weighted by Gasteiger charge is -2.41. The lowest BCUT2D eigenvalue weighted by Crippen LogP contribution is -2.55. The smallest absolute Gasteiger partial charge is 0.197 e. The van der Waals surface area contributed by atoms with Gasteiger partial charge in [0.2, 0.25) is 0 Å². The van der Waals surface area contributed by atoms with E-state index in [1.54, 1.807) is 0 Å². The van der Waals surface area contributed by atoms with Crippen LogP contribution >= 0.6 is 0 Å². The zero-order valence-corrected chi connectivity index (χ0v) is 20.6. The minimum absolute atomic E-state index is 0.0710. The summed E-state index contributed by atoms with van der Waals surface area (Å²) in [6.45, 7) is -1.34. The quantitative estimate of drug-likeness (QED) is 0.169. The van der Waals surface area contributed by atoms with Crippen molar-refractivity contribution in [2.45, 2.75) is 54.9 Å². The van der Waals surface area contributed by atoms with Crippen molar-refractivity contribution >= 4 is 11.0 Å². The van der Waals surface area contributed by atoms with Crippen molar-refractivity contribution in [1.82, 2.24) is 0 Å². The number of aliphatic hydroxyl groups is 7. The van der Waals surface area contributed by atoms with Gasteiger partial charge in [-0.25, -0.2) is 0 Å².